The maximum absolute atomic E-state index is 6.29. The van der Waals surface area contributed by atoms with Gasteiger partial charge in [-0.05, 0) is 65.1 Å². The van der Waals surface area contributed by atoms with Crippen molar-refractivity contribution in [2.75, 3.05) is 7.11 Å². The fraction of sp³-hybridized carbons (Fsp3) is 0.321. The molecule has 0 atom stereocenters. The van der Waals surface area contributed by atoms with Crippen LogP contribution in [0.2, 0.25) is 0 Å². The molecule has 0 amide bonds. The highest BCUT2D eigenvalue weighted by Crippen LogP contribution is 2.44. The summed E-state index contributed by atoms with van der Waals surface area (Å²) in [6.45, 7) is 12.1. The first-order chi connectivity index (χ1) is 16.0. The van der Waals surface area contributed by atoms with E-state index in [0.717, 1.165) is 33.2 Å². The van der Waals surface area contributed by atoms with Crippen LogP contribution in [0.5, 0.6) is 17.2 Å². The van der Waals surface area contributed by atoms with Crippen molar-refractivity contribution in [2.24, 2.45) is 0 Å². The summed E-state index contributed by atoms with van der Waals surface area (Å²) in [6, 6.07) is 18.3. The maximum Gasteiger partial charge on any atom is 0.203 e. The van der Waals surface area contributed by atoms with Gasteiger partial charge in [0.25, 0.3) is 0 Å². The Hall–Kier alpha value is -3.25. The number of thiophene rings is 1. The summed E-state index contributed by atoms with van der Waals surface area (Å²) in [5.41, 5.74) is 2.99. The van der Waals surface area contributed by atoms with Crippen molar-refractivity contribution in [3.63, 3.8) is 0 Å². The second kappa shape index (κ2) is 9.18. The third kappa shape index (κ3) is 5.45. The Morgan fingerprint density at radius 2 is 1.41 bits per heavy atom. The second-order valence-corrected chi connectivity index (χ2v) is 11.0. The Bertz CT molecular complexity index is 1210. The number of nitrogens with one attached hydrogen (secondary N) is 1. The molecular weight excluding hydrogens is 444 g/mol. The molecule has 178 valence electrons. The number of hydrogen-bond donors (Lipinski definition) is 1. The van der Waals surface area contributed by atoms with Crippen LogP contribution in [0.4, 0.5) is 0 Å². The molecular formula is C28H32N2O3S. The fourth-order valence-electron chi connectivity index (χ4n) is 3.64. The molecule has 0 aliphatic carbocycles. The largest absolute Gasteiger partial charge is 0.490 e. The van der Waals surface area contributed by atoms with Gasteiger partial charge in [0.1, 0.15) is 17.0 Å². The van der Waals surface area contributed by atoms with Gasteiger partial charge in [-0.3, -0.25) is 0 Å². The number of imidazole rings is 1. The monoisotopic (exact) mass is 476 g/mol. The molecule has 5 nitrogen and oxygen atoms in total. The van der Waals surface area contributed by atoms with Crippen LogP contribution < -0.4 is 14.2 Å². The molecule has 0 aliphatic heterocycles. The molecule has 4 aromatic rings. The molecule has 2 aromatic carbocycles. The van der Waals surface area contributed by atoms with Crippen LogP contribution in [0.1, 0.15) is 41.5 Å². The van der Waals surface area contributed by atoms with Gasteiger partial charge in [0.15, 0.2) is 11.5 Å². The molecule has 4 rings (SSSR count). The SMILES string of the molecule is COc1c(OC(C)(C)C)cc(-c2nc(-c3ccccc3)c(-c3cccs3)[nH]2)cc1OC(C)(C)C. The van der Waals surface area contributed by atoms with Crippen molar-refractivity contribution >= 4 is 11.3 Å². The van der Waals surface area contributed by atoms with Gasteiger partial charge >= 0.3 is 0 Å². The Balaban J connectivity index is 1.91. The first-order valence-corrected chi connectivity index (χ1v) is 12.2. The van der Waals surface area contributed by atoms with E-state index in [-0.39, 0.29) is 0 Å². The molecule has 0 bridgehead atoms. The Kier molecular flexibility index (Phi) is 6.45. The molecule has 0 radical (unpaired) electrons. The zero-order valence-electron chi connectivity index (χ0n) is 20.9. The van der Waals surface area contributed by atoms with Gasteiger partial charge in [-0.25, -0.2) is 4.98 Å². The quantitative estimate of drug-likeness (QED) is 0.308. The van der Waals surface area contributed by atoms with Gasteiger partial charge in [-0.1, -0.05) is 36.4 Å². The van der Waals surface area contributed by atoms with E-state index in [2.05, 4.69) is 28.6 Å². The lowest BCUT2D eigenvalue weighted by atomic mass is 10.1. The van der Waals surface area contributed by atoms with E-state index >= 15 is 0 Å². The van der Waals surface area contributed by atoms with Crippen molar-refractivity contribution in [2.45, 2.75) is 52.7 Å². The average Bonchev–Trinajstić information content (AvgIpc) is 3.42. The van der Waals surface area contributed by atoms with Crippen LogP contribution >= 0.6 is 11.3 Å². The van der Waals surface area contributed by atoms with E-state index in [1.165, 1.54) is 0 Å². The molecule has 2 heterocycles. The van der Waals surface area contributed by atoms with Crippen LogP contribution in [-0.2, 0) is 0 Å². The number of nitrogens with zero attached hydrogens (tertiary/aromatic N) is 1. The molecule has 0 saturated heterocycles. The fourth-order valence-corrected chi connectivity index (χ4v) is 4.37. The van der Waals surface area contributed by atoms with Crippen molar-refractivity contribution in [1.29, 1.82) is 0 Å². The van der Waals surface area contributed by atoms with E-state index in [4.69, 9.17) is 19.2 Å². The van der Waals surface area contributed by atoms with Gasteiger partial charge in [0.05, 0.1) is 23.4 Å². The number of aromatic amines is 1. The van der Waals surface area contributed by atoms with E-state index < -0.39 is 11.2 Å². The minimum absolute atomic E-state index is 0.411. The third-order valence-electron chi connectivity index (χ3n) is 4.85. The Morgan fingerprint density at radius 1 is 0.794 bits per heavy atom. The zero-order valence-corrected chi connectivity index (χ0v) is 21.7. The molecule has 6 heteroatoms. The van der Waals surface area contributed by atoms with Gasteiger partial charge < -0.3 is 19.2 Å². The first-order valence-electron chi connectivity index (χ1n) is 11.3. The Labute approximate surface area is 205 Å². The highest BCUT2D eigenvalue weighted by atomic mass is 32.1. The molecule has 2 aromatic heterocycles. The number of benzene rings is 2. The van der Waals surface area contributed by atoms with E-state index in [0.29, 0.717) is 17.2 Å². The Morgan fingerprint density at radius 3 is 1.91 bits per heavy atom. The standard InChI is InChI=1S/C28H32N2O3S/c1-27(2,3)32-20-16-19(17-21(25(20)31-7)33-28(4,5)6)26-29-23(18-12-9-8-10-13-18)24(30-26)22-14-11-15-34-22/h8-17H,1-7H3,(H,29,30). The summed E-state index contributed by atoms with van der Waals surface area (Å²) in [7, 11) is 1.63. The predicted octanol–water partition coefficient (Wildman–Crippen LogP) is 7.84. The summed E-state index contributed by atoms with van der Waals surface area (Å²) in [5.74, 6) is 2.54. The molecule has 0 unspecified atom stereocenters. The van der Waals surface area contributed by atoms with Crippen molar-refractivity contribution in [3.8, 4) is 50.5 Å². The van der Waals surface area contributed by atoms with Crippen molar-refractivity contribution in [1.82, 2.24) is 9.97 Å². The normalized spacial score (nSPS) is 12.0. The second-order valence-electron chi connectivity index (χ2n) is 10.1. The van der Waals surface area contributed by atoms with Gasteiger partial charge in [0, 0.05) is 11.1 Å². The first kappa shape index (κ1) is 23.9. The summed E-state index contributed by atoms with van der Waals surface area (Å²) in [4.78, 5) is 9.73. The van der Waals surface area contributed by atoms with Crippen molar-refractivity contribution < 1.29 is 14.2 Å². The summed E-state index contributed by atoms with van der Waals surface area (Å²) in [5, 5.41) is 2.07. The molecule has 1 N–H and O–H groups in total. The summed E-state index contributed by atoms with van der Waals surface area (Å²) >= 11 is 1.68. The zero-order chi connectivity index (χ0) is 24.5. The molecule has 0 spiro atoms. The van der Waals surface area contributed by atoms with Gasteiger partial charge in [-0.2, -0.15) is 0 Å². The highest BCUT2D eigenvalue weighted by molar-refractivity contribution is 7.13. The lowest BCUT2D eigenvalue weighted by Gasteiger charge is -2.27. The molecule has 0 aliphatic rings. The third-order valence-corrected chi connectivity index (χ3v) is 5.74. The number of aromatic nitrogens is 2. The minimum atomic E-state index is -0.411. The lowest BCUT2D eigenvalue weighted by Crippen LogP contribution is -2.25. The van der Waals surface area contributed by atoms with Crippen LogP contribution in [0.25, 0.3) is 33.2 Å². The highest BCUT2D eigenvalue weighted by Gasteiger charge is 2.25. The topological polar surface area (TPSA) is 56.4 Å². The van der Waals surface area contributed by atoms with Crippen molar-refractivity contribution in [3.05, 3.63) is 60.0 Å². The maximum atomic E-state index is 6.29. The van der Waals surface area contributed by atoms with Gasteiger partial charge in [-0.15, -0.1) is 11.3 Å². The van der Waals surface area contributed by atoms with E-state index in [1.807, 2.05) is 77.9 Å². The summed E-state index contributed by atoms with van der Waals surface area (Å²) in [6.07, 6.45) is 0. The van der Waals surface area contributed by atoms with Crippen LogP contribution in [0.3, 0.4) is 0 Å². The van der Waals surface area contributed by atoms with E-state index in [9.17, 15) is 0 Å². The number of hydrogen-bond acceptors (Lipinski definition) is 5. The average molecular weight is 477 g/mol. The minimum Gasteiger partial charge on any atom is -0.490 e. The summed E-state index contributed by atoms with van der Waals surface area (Å²) < 4.78 is 18.3. The van der Waals surface area contributed by atoms with Crippen LogP contribution in [0.15, 0.2) is 60.0 Å². The number of ether oxygens (including phenoxy) is 3. The van der Waals surface area contributed by atoms with Gasteiger partial charge in [0.2, 0.25) is 5.75 Å². The number of H-pyrrole nitrogens is 1. The lowest BCUT2D eigenvalue weighted by molar-refractivity contribution is 0.111. The molecule has 0 fully saturated rings. The molecule has 34 heavy (non-hydrogen) atoms. The predicted molar refractivity (Wildman–Crippen MR) is 140 cm³/mol. The number of rotatable bonds is 6. The number of methoxy groups -OCH3 is 1. The van der Waals surface area contributed by atoms with E-state index in [1.54, 1.807) is 18.4 Å². The van der Waals surface area contributed by atoms with Crippen LogP contribution in [-0.4, -0.2) is 28.3 Å². The smallest absolute Gasteiger partial charge is 0.203 e. The van der Waals surface area contributed by atoms with Crippen LogP contribution in [0, 0.1) is 0 Å². The molecule has 0 saturated carbocycles.